The van der Waals surface area contributed by atoms with Crippen LogP contribution >= 0.6 is 0 Å². The molecular formula is C56H55N3O14. The molecule has 2 saturated heterocycles. The Bertz CT molecular complexity index is 2800. The van der Waals surface area contributed by atoms with Crippen LogP contribution in [0.25, 0.3) is 21.2 Å². The van der Waals surface area contributed by atoms with Crippen LogP contribution in [0, 0.1) is 0 Å². The quantitative estimate of drug-likeness (QED) is 0.0222. The van der Waals surface area contributed by atoms with Gasteiger partial charge < -0.3 is 52.5 Å². The molecule has 10 atom stereocenters. The van der Waals surface area contributed by atoms with Gasteiger partial charge in [0.2, 0.25) is 0 Å². The van der Waals surface area contributed by atoms with Crippen molar-refractivity contribution >= 4 is 34.5 Å². The number of hydrogen-bond donors (Lipinski definition) is 1. The van der Waals surface area contributed by atoms with Gasteiger partial charge in [0.15, 0.2) is 18.7 Å². The third-order valence-corrected chi connectivity index (χ3v) is 12.3. The fourth-order valence-electron chi connectivity index (χ4n) is 8.54. The first kappa shape index (κ1) is 52.0. The van der Waals surface area contributed by atoms with E-state index < -0.39 is 92.5 Å². The van der Waals surface area contributed by atoms with E-state index in [0.29, 0.717) is 5.56 Å². The van der Waals surface area contributed by atoms with Gasteiger partial charge in [0.25, 0.3) is 0 Å². The number of fused-ring (bicyclic) bond motifs is 1. The molecule has 17 nitrogen and oxygen atoms in total. The molecule has 17 heteroatoms. The lowest BCUT2D eigenvalue weighted by molar-refractivity contribution is -0.348. The SMILES string of the molecule is CC(=O)CCC(=O)OC[C@@H]1OC(O)[C@H](OC(=O)c2ccccc2)[C@@H](OCc2ccccc2)[C@@H]1O[C@H]1O[C@H](COC(=O)c2ccccc2)[C@@H](OCc2ccc3ccccc3c2)[C@H](OCc2ccccc2)[C@H]1N=[N+]=[N-]. The number of nitrogens with zero attached hydrogens (tertiary/aromatic N) is 3. The molecule has 6 aromatic carbocycles. The number of ketones is 1. The second-order valence-corrected chi connectivity index (χ2v) is 17.5. The summed E-state index contributed by atoms with van der Waals surface area (Å²) in [7, 11) is 0. The highest BCUT2D eigenvalue weighted by Crippen LogP contribution is 2.36. The van der Waals surface area contributed by atoms with E-state index in [9.17, 15) is 29.8 Å². The van der Waals surface area contributed by atoms with Crippen LogP contribution in [-0.2, 0) is 72.0 Å². The Kier molecular flexibility index (Phi) is 18.4. The van der Waals surface area contributed by atoms with Crippen LogP contribution in [0.4, 0.5) is 0 Å². The summed E-state index contributed by atoms with van der Waals surface area (Å²) in [6.45, 7) is 0.313. The first-order chi connectivity index (χ1) is 35.6. The summed E-state index contributed by atoms with van der Waals surface area (Å²) in [6, 6.07) is 47.2. The van der Waals surface area contributed by atoms with Gasteiger partial charge in [0, 0.05) is 11.3 Å². The molecule has 2 fully saturated rings. The van der Waals surface area contributed by atoms with Crippen LogP contribution < -0.4 is 0 Å². The number of aliphatic hydroxyl groups excluding tert-OH is 1. The fourth-order valence-corrected chi connectivity index (χ4v) is 8.54. The summed E-state index contributed by atoms with van der Waals surface area (Å²) in [6.07, 6.45) is -13.1. The summed E-state index contributed by atoms with van der Waals surface area (Å²) in [5, 5.41) is 17.9. The van der Waals surface area contributed by atoms with E-state index in [2.05, 4.69) is 10.0 Å². The van der Waals surface area contributed by atoms with Gasteiger partial charge >= 0.3 is 17.9 Å². The normalized spacial score (nSPS) is 23.6. The molecule has 2 aliphatic rings. The first-order valence-electron chi connectivity index (χ1n) is 23.9. The molecule has 0 radical (unpaired) electrons. The minimum Gasteiger partial charge on any atom is -0.463 e. The minimum atomic E-state index is -1.87. The maximum Gasteiger partial charge on any atom is 0.338 e. The van der Waals surface area contributed by atoms with Gasteiger partial charge in [-0.1, -0.05) is 139 Å². The molecule has 0 aliphatic carbocycles. The summed E-state index contributed by atoms with van der Waals surface area (Å²) >= 11 is 0. The van der Waals surface area contributed by atoms with Crippen molar-refractivity contribution in [1.29, 1.82) is 0 Å². The molecule has 1 unspecified atom stereocenters. The Labute approximate surface area is 421 Å². The second kappa shape index (κ2) is 25.9. The van der Waals surface area contributed by atoms with E-state index in [1.807, 2.05) is 78.9 Å². The number of azide groups is 1. The van der Waals surface area contributed by atoms with E-state index in [-0.39, 0.29) is 49.6 Å². The summed E-state index contributed by atoms with van der Waals surface area (Å²) < 4.78 is 57.3. The molecule has 6 aromatic rings. The Morgan fingerprint density at radius 1 is 0.562 bits per heavy atom. The Hall–Kier alpha value is -7.31. The number of carbonyl (C=O) groups is 4. The Balaban J connectivity index is 1.18. The highest BCUT2D eigenvalue weighted by molar-refractivity contribution is 5.90. The molecule has 378 valence electrons. The van der Waals surface area contributed by atoms with Crippen LogP contribution in [0.3, 0.4) is 0 Å². The van der Waals surface area contributed by atoms with Crippen molar-refractivity contribution in [2.75, 3.05) is 13.2 Å². The van der Waals surface area contributed by atoms with Crippen LogP contribution in [-0.4, -0.2) is 103 Å². The van der Waals surface area contributed by atoms with Crippen LogP contribution in [0.5, 0.6) is 0 Å². The molecule has 0 spiro atoms. The molecule has 0 saturated carbocycles. The molecule has 0 bridgehead atoms. The fraction of sp³-hybridized carbons (Fsp3) is 0.321. The lowest BCUT2D eigenvalue weighted by atomic mass is 9.95. The van der Waals surface area contributed by atoms with Crippen molar-refractivity contribution in [1.82, 2.24) is 0 Å². The molecule has 0 amide bonds. The molecule has 1 N–H and O–H groups in total. The summed E-state index contributed by atoms with van der Waals surface area (Å²) in [5.41, 5.74) is 13.0. The average Bonchev–Trinajstić information content (AvgIpc) is 3.42. The third-order valence-electron chi connectivity index (χ3n) is 12.3. The van der Waals surface area contributed by atoms with Gasteiger partial charge in [-0.05, 0) is 70.2 Å². The predicted molar refractivity (Wildman–Crippen MR) is 263 cm³/mol. The van der Waals surface area contributed by atoms with Crippen LogP contribution in [0.15, 0.2) is 169 Å². The average molecular weight is 994 g/mol. The number of benzene rings is 6. The maximum atomic E-state index is 13.8. The molecule has 2 heterocycles. The second-order valence-electron chi connectivity index (χ2n) is 17.5. The zero-order valence-electron chi connectivity index (χ0n) is 39.9. The predicted octanol–water partition coefficient (Wildman–Crippen LogP) is 8.40. The molecule has 8 rings (SSSR count). The molecular weight excluding hydrogens is 939 g/mol. The maximum absolute atomic E-state index is 13.8. The van der Waals surface area contributed by atoms with E-state index in [4.69, 9.17) is 42.6 Å². The number of aliphatic hydroxyl groups is 1. The zero-order chi connectivity index (χ0) is 50.9. The highest BCUT2D eigenvalue weighted by Gasteiger charge is 2.54. The highest BCUT2D eigenvalue weighted by atomic mass is 16.7. The topological polar surface area (TPSA) is 220 Å². The van der Waals surface area contributed by atoms with Crippen molar-refractivity contribution in [3.8, 4) is 0 Å². The van der Waals surface area contributed by atoms with E-state index >= 15 is 0 Å². The van der Waals surface area contributed by atoms with Crippen molar-refractivity contribution in [3.05, 3.63) is 202 Å². The largest absolute Gasteiger partial charge is 0.463 e. The lowest BCUT2D eigenvalue weighted by Crippen LogP contribution is -2.65. The molecule has 73 heavy (non-hydrogen) atoms. The smallest absolute Gasteiger partial charge is 0.338 e. The first-order valence-corrected chi connectivity index (χ1v) is 23.9. The zero-order valence-corrected chi connectivity index (χ0v) is 39.9. The molecule has 0 aromatic heterocycles. The van der Waals surface area contributed by atoms with Crippen molar-refractivity contribution in [3.63, 3.8) is 0 Å². The molecule has 2 aliphatic heterocycles. The number of ether oxygens (including phenoxy) is 9. The summed E-state index contributed by atoms with van der Waals surface area (Å²) in [5.74, 6) is -2.46. The van der Waals surface area contributed by atoms with Gasteiger partial charge in [0.05, 0.1) is 37.4 Å². The summed E-state index contributed by atoms with van der Waals surface area (Å²) in [4.78, 5) is 55.4. The Morgan fingerprint density at radius 3 is 1.73 bits per heavy atom. The van der Waals surface area contributed by atoms with Crippen molar-refractivity contribution in [2.45, 2.75) is 101 Å². The van der Waals surface area contributed by atoms with Crippen molar-refractivity contribution in [2.24, 2.45) is 5.11 Å². The number of Topliss-reactive ketones (excluding diaryl/α,β-unsaturated/α-hetero) is 1. The lowest BCUT2D eigenvalue weighted by Gasteiger charge is -2.48. The van der Waals surface area contributed by atoms with Crippen LogP contribution in [0.1, 0.15) is 57.2 Å². The number of hydrogen-bond acceptors (Lipinski definition) is 15. The van der Waals surface area contributed by atoms with Gasteiger partial charge in [-0.3, -0.25) is 4.79 Å². The Morgan fingerprint density at radius 2 is 1.10 bits per heavy atom. The monoisotopic (exact) mass is 993 g/mol. The minimum absolute atomic E-state index is 0.0000717. The van der Waals surface area contributed by atoms with Gasteiger partial charge in [0.1, 0.15) is 61.7 Å². The van der Waals surface area contributed by atoms with Gasteiger partial charge in [-0.2, -0.15) is 0 Å². The van der Waals surface area contributed by atoms with E-state index in [1.165, 1.54) is 19.1 Å². The van der Waals surface area contributed by atoms with Crippen molar-refractivity contribution < 1.29 is 66.9 Å². The van der Waals surface area contributed by atoms with E-state index in [0.717, 1.165) is 21.9 Å². The van der Waals surface area contributed by atoms with Gasteiger partial charge in [-0.25, -0.2) is 9.59 Å². The number of esters is 3. The van der Waals surface area contributed by atoms with E-state index in [1.54, 1.807) is 72.8 Å². The van der Waals surface area contributed by atoms with Gasteiger partial charge in [-0.15, -0.1) is 0 Å². The third kappa shape index (κ3) is 14.2. The number of carbonyl (C=O) groups excluding carboxylic acids is 4. The van der Waals surface area contributed by atoms with Crippen LogP contribution in [0.2, 0.25) is 0 Å². The standard InChI is InChI=1S/C56H55N3O14/c1-36(60)26-29-46(61)65-34-45-49(51(68-32-38-18-8-3-9-19-38)52(55(64)70-45)72-54(63)42-23-12-5-13-24-42)73-56-47(58-59-57)50(67-31-37-16-6-2-7-17-37)48(44(71-56)35-69-53(62)41-21-10-4-11-22-41)66-33-39-27-28-40-20-14-15-25-43(40)30-39/h2-25,27-28,30,44-45,47-52,55-56,64H,26,29,31-35H2,1H3/t44-,45+,47-,48-,49-,50-,51+,52-,55?,56-/m1/s1. The number of rotatable bonds is 22.